The Morgan fingerprint density at radius 2 is 1.48 bits per heavy atom. The Balaban J connectivity index is 1.99. The van der Waals surface area contributed by atoms with E-state index in [4.69, 9.17) is 12.2 Å². The van der Waals surface area contributed by atoms with Crippen molar-refractivity contribution in [1.29, 1.82) is 0 Å². The summed E-state index contributed by atoms with van der Waals surface area (Å²) in [6.45, 7) is 8.38. The Kier molecular flexibility index (Phi) is 4.97. The van der Waals surface area contributed by atoms with Crippen LogP contribution in [0.2, 0.25) is 0 Å². The van der Waals surface area contributed by atoms with Crippen molar-refractivity contribution in [3.8, 4) is 0 Å². The molecule has 0 heterocycles. The van der Waals surface area contributed by atoms with Gasteiger partial charge in [-0.05, 0) is 68.7 Å². The fourth-order valence-corrected chi connectivity index (χ4v) is 2.64. The van der Waals surface area contributed by atoms with E-state index in [2.05, 4.69) is 80.8 Å². The highest BCUT2D eigenvalue weighted by molar-refractivity contribution is 7.80. The Morgan fingerprint density at radius 3 is 2.05 bits per heavy atom. The molecule has 2 N–H and O–H groups in total. The fraction of sp³-hybridized carbons (Fsp3) is 0.278. The van der Waals surface area contributed by atoms with Crippen molar-refractivity contribution >= 4 is 23.0 Å². The molecule has 0 aliphatic heterocycles. The second-order valence-electron chi connectivity index (χ2n) is 5.61. The molecule has 0 aliphatic carbocycles. The summed E-state index contributed by atoms with van der Waals surface area (Å²) in [5.74, 6) is 0. The third-order valence-corrected chi connectivity index (χ3v) is 3.62. The Hall–Kier alpha value is -1.87. The molecule has 3 heteroatoms. The van der Waals surface area contributed by atoms with Crippen LogP contribution in [0.25, 0.3) is 0 Å². The molecule has 0 saturated heterocycles. The summed E-state index contributed by atoms with van der Waals surface area (Å²) in [5.41, 5.74) is 5.98. The lowest BCUT2D eigenvalue weighted by molar-refractivity contribution is 0.722. The second kappa shape index (κ2) is 6.72. The molecule has 1 unspecified atom stereocenters. The number of anilines is 1. The predicted octanol–water partition coefficient (Wildman–Crippen LogP) is 4.66. The molecule has 2 aromatic rings. The Labute approximate surface area is 132 Å². The third-order valence-electron chi connectivity index (χ3n) is 3.40. The van der Waals surface area contributed by atoms with E-state index in [9.17, 15) is 0 Å². The molecule has 1 atom stereocenters. The highest BCUT2D eigenvalue weighted by Crippen LogP contribution is 2.16. The maximum Gasteiger partial charge on any atom is 0.171 e. The molecule has 21 heavy (non-hydrogen) atoms. The maximum atomic E-state index is 5.40. The van der Waals surface area contributed by atoms with Gasteiger partial charge in [0.1, 0.15) is 0 Å². The van der Waals surface area contributed by atoms with Gasteiger partial charge in [-0.15, -0.1) is 0 Å². The lowest BCUT2D eigenvalue weighted by Gasteiger charge is -2.18. The van der Waals surface area contributed by atoms with Crippen LogP contribution in [0.15, 0.2) is 42.5 Å². The van der Waals surface area contributed by atoms with Gasteiger partial charge in [0, 0.05) is 5.69 Å². The molecule has 0 saturated carbocycles. The number of hydrogen-bond acceptors (Lipinski definition) is 1. The highest BCUT2D eigenvalue weighted by atomic mass is 32.1. The van der Waals surface area contributed by atoms with Gasteiger partial charge in [-0.25, -0.2) is 0 Å². The van der Waals surface area contributed by atoms with Gasteiger partial charge >= 0.3 is 0 Å². The SMILES string of the molecule is Cc1ccc(C(C)NC(=S)Nc2cc(C)cc(C)c2)cc1. The Morgan fingerprint density at radius 1 is 0.905 bits per heavy atom. The maximum absolute atomic E-state index is 5.40. The normalized spacial score (nSPS) is 11.8. The zero-order valence-electron chi connectivity index (χ0n) is 13.0. The van der Waals surface area contributed by atoms with Gasteiger partial charge in [0.15, 0.2) is 5.11 Å². The quantitative estimate of drug-likeness (QED) is 0.806. The van der Waals surface area contributed by atoms with Gasteiger partial charge in [-0.1, -0.05) is 35.9 Å². The summed E-state index contributed by atoms with van der Waals surface area (Å²) < 4.78 is 0. The van der Waals surface area contributed by atoms with Crippen LogP contribution in [0.4, 0.5) is 5.69 Å². The molecule has 0 aliphatic rings. The summed E-state index contributed by atoms with van der Waals surface area (Å²) in [4.78, 5) is 0. The van der Waals surface area contributed by atoms with Crippen LogP contribution in [-0.4, -0.2) is 5.11 Å². The average molecular weight is 298 g/mol. The summed E-state index contributed by atoms with van der Waals surface area (Å²) in [5, 5.41) is 7.23. The number of hydrogen-bond donors (Lipinski definition) is 2. The number of rotatable bonds is 3. The van der Waals surface area contributed by atoms with Gasteiger partial charge < -0.3 is 10.6 Å². The van der Waals surface area contributed by atoms with E-state index in [1.165, 1.54) is 22.3 Å². The number of benzene rings is 2. The summed E-state index contributed by atoms with van der Waals surface area (Å²) in [7, 11) is 0. The first-order chi connectivity index (χ1) is 9.94. The molecule has 0 radical (unpaired) electrons. The van der Waals surface area contributed by atoms with E-state index in [0.717, 1.165) is 5.69 Å². The first kappa shape index (κ1) is 15.5. The molecule has 2 aromatic carbocycles. The topological polar surface area (TPSA) is 24.1 Å². The van der Waals surface area contributed by atoms with Crippen LogP contribution in [0.1, 0.15) is 35.2 Å². The highest BCUT2D eigenvalue weighted by Gasteiger charge is 2.07. The van der Waals surface area contributed by atoms with Crippen molar-refractivity contribution in [2.45, 2.75) is 33.7 Å². The van der Waals surface area contributed by atoms with Gasteiger partial charge in [0.25, 0.3) is 0 Å². The van der Waals surface area contributed by atoms with Crippen molar-refractivity contribution in [2.24, 2.45) is 0 Å². The van der Waals surface area contributed by atoms with Crippen LogP contribution in [0.3, 0.4) is 0 Å². The van der Waals surface area contributed by atoms with Crippen molar-refractivity contribution in [1.82, 2.24) is 5.32 Å². The molecule has 0 spiro atoms. The van der Waals surface area contributed by atoms with E-state index in [0.29, 0.717) is 5.11 Å². The second-order valence-corrected chi connectivity index (χ2v) is 6.02. The minimum atomic E-state index is 0.177. The third kappa shape index (κ3) is 4.57. The summed E-state index contributed by atoms with van der Waals surface area (Å²) in [6, 6.07) is 15.0. The summed E-state index contributed by atoms with van der Waals surface area (Å²) in [6.07, 6.45) is 0. The van der Waals surface area contributed by atoms with Crippen LogP contribution < -0.4 is 10.6 Å². The Bertz CT molecular complexity index is 612. The molecule has 0 aromatic heterocycles. The standard InChI is InChI=1S/C18H22N2S/c1-12-5-7-16(8-6-12)15(4)19-18(21)20-17-10-13(2)9-14(3)11-17/h5-11,15H,1-4H3,(H2,19,20,21). The summed E-state index contributed by atoms with van der Waals surface area (Å²) >= 11 is 5.40. The van der Waals surface area contributed by atoms with Gasteiger partial charge in [0.2, 0.25) is 0 Å². The minimum absolute atomic E-state index is 0.177. The predicted molar refractivity (Wildman–Crippen MR) is 94.9 cm³/mol. The smallest absolute Gasteiger partial charge is 0.171 e. The van der Waals surface area contributed by atoms with Crippen LogP contribution in [0.5, 0.6) is 0 Å². The first-order valence-corrected chi connectivity index (χ1v) is 7.57. The fourth-order valence-electron chi connectivity index (χ4n) is 2.35. The lowest BCUT2D eigenvalue weighted by atomic mass is 10.1. The van der Waals surface area contributed by atoms with Gasteiger partial charge in [-0.2, -0.15) is 0 Å². The van der Waals surface area contributed by atoms with Crippen molar-refractivity contribution in [3.63, 3.8) is 0 Å². The molecule has 0 bridgehead atoms. The first-order valence-electron chi connectivity index (χ1n) is 7.16. The average Bonchev–Trinajstić information content (AvgIpc) is 2.37. The minimum Gasteiger partial charge on any atom is -0.356 e. The van der Waals surface area contributed by atoms with Gasteiger partial charge in [-0.3, -0.25) is 0 Å². The largest absolute Gasteiger partial charge is 0.356 e. The molecular weight excluding hydrogens is 276 g/mol. The van der Waals surface area contributed by atoms with E-state index in [1.54, 1.807) is 0 Å². The lowest BCUT2D eigenvalue weighted by Crippen LogP contribution is -2.30. The van der Waals surface area contributed by atoms with Crippen LogP contribution in [0, 0.1) is 20.8 Å². The van der Waals surface area contributed by atoms with E-state index >= 15 is 0 Å². The molecule has 0 amide bonds. The molecule has 2 rings (SSSR count). The number of nitrogens with one attached hydrogen (secondary N) is 2. The van der Waals surface area contributed by atoms with Crippen LogP contribution in [-0.2, 0) is 0 Å². The van der Waals surface area contributed by atoms with Crippen molar-refractivity contribution in [2.75, 3.05) is 5.32 Å². The monoisotopic (exact) mass is 298 g/mol. The zero-order valence-corrected chi connectivity index (χ0v) is 13.8. The van der Waals surface area contributed by atoms with Crippen molar-refractivity contribution in [3.05, 3.63) is 64.7 Å². The van der Waals surface area contributed by atoms with Crippen LogP contribution >= 0.6 is 12.2 Å². The zero-order chi connectivity index (χ0) is 15.4. The van der Waals surface area contributed by atoms with E-state index < -0.39 is 0 Å². The van der Waals surface area contributed by atoms with Gasteiger partial charge in [0.05, 0.1) is 6.04 Å². The number of thiocarbonyl (C=S) groups is 1. The number of aryl methyl sites for hydroxylation is 3. The molecular formula is C18H22N2S. The molecule has 0 fully saturated rings. The van der Waals surface area contributed by atoms with Crippen molar-refractivity contribution < 1.29 is 0 Å². The van der Waals surface area contributed by atoms with E-state index in [1.807, 2.05) is 0 Å². The molecule has 110 valence electrons. The molecule has 2 nitrogen and oxygen atoms in total. The van der Waals surface area contributed by atoms with E-state index in [-0.39, 0.29) is 6.04 Å².